The second kappa shape index (κ2) is 8.49. The zero-order chi connectivity index (χ0) is 22.1. The van der Waals surface area contributed by atoms with Gasteiger partial charge in [-0.2, -0.15) is 5.10 Å². The van der Waals surface area contributed by atoms with Crippen LogP contribution in [-0.4, -0.2) is 40.6 Å². The molecule has 1 atom stereocenters. The minimum Gasteiger partial charge on any atom is -0.497 e. The normalized spacial score (nSPS) is 17.3. The monoisotopic (exact) mass is 430 g/mol. The quantitative estimate of drug-likeness (QED) is 0.664. The summed E-state index contributed by atoms with van der Waals surface area (Å²) in [6.07, 6.45) is 3.64. The Kier molecular flexibility index (Phi) is 5.39. The molecule has 0 saturated carbocycles. The number of aromatic amines is 1. The molecule has 0 bridgehead atoms. The summed E-state index contributed by atoms with van der Waals surface area (Å²) < 4.78 is 5.25. The number of carbonyl (C=O) groups excluding carboxylic acids is 2. The highest BCUT2D eigenvalue weighted by atomic mass is 16.5. The SMILES string of the molecule is COc1cccc(C(=O)N2CCc3[nH]nc(C(=O)N[C@H]4CCCc5ccccc54)c3C2)c1. The topological polar surface area (TPSA) is 87.3 Å². The first-order chi connectivity index (χ1) is 15.6. The Labute approximate surface area is 186 Å². The minimum atomic E-state index is -0.195. The average molecular weight is 431 g/mol. The summed E-state index contributed by atoms with van der Waals surface area (Å²) in [4.78, 5) is 28.0. The lowest BCUT2D eigenvalue weighted by atomic mass is 9.87. The molecule has 2 heterocycles. The maximum atomic E-state index is 13.2. The van der Waals surface area contributed by atoms with Crippen molar-refractivity contribution in [3.05, 3.63) is 82.2 Å². The molecular weight excluding hydrogens is 404 g/mol. The molecular formula is C25H26N4O3. The number of amides is 2. The van der Waals surface area contributed by atoms with Crippen LogP contribution in [0.5, 0.6) is 5.75 Å². The number of hydrogen-bond acceptors (Lipinski definition) is 4. The van der Waals surface area contributed by atoms with E-state index in [1.54, 1.807) is 30.2 Å². The Balaban J connectivity index is 1.34. The van der Waals surface area contributed by atoms with Crippen molar-refractivity contribution in [1.82, 2.24) is 20.4 Å². The standard InChI is InChI=1S/C25H26N4O3/c1-32-18-9-4-8-17(14-18)25(31)29-13-12-22-20(15-29)23(28-27-22)24(30)26-21-11-5-7-16-6-2-3-10-19(16)21/h2-4,6,8-10,14,21H,5,7,11-13,15H2,1H3,(H,26,30)(H,27,28)/t21-/m0/s1. The van der Waals surface area contributed by atoms with Gasteiger partial charge < -0.3 is 15.0 Å². The molecule has 1 aromatic heterocycles. The summed E-state index contributed by atoms with van der Waals surface area (Å²) >= 11 is 0. The Bertz CT molecular complexity index is 1170. The van der Waals surface area contributed by atoms with E-state index in [4.69, 9.17) is 4.74 Å². The van der Waals surface area contributed by atoms with Crippen LogP contribution < -0.4 is 10.1 Å². The molecule has 2 aliphatic rings. The van der Waals surface area contributed by atoms with Gasteiger partial charge in [0.25, 0.3) is 11.8 Å². The van der Waals surface area contributed by atoms with Gasteiger partial charge in [0.05, 0.1) is 19.7 Å². The number of methoxy groups -OCH3 is 1. The van der Waals surface area contributed by atoms with Gasteiger partial charge >= 0.3 is 0 Å². The van der Waals surface area contributed by atoms with Gasteiger partial charge in [0.2, 0.25) is 0 Å². The Morgan fingerprint density at radius 2 is 2.03 bits per heavy atom. The molecule has 3 aromatic rings. The van der Waals surface area contributed by atoms with E-state index in [1.807, 2.05) is 18.2 Å². The fourth-order valence-corrected chi connectivity index (χ4v) is 4.73. The van der Waals surface area contributed by atoms with Crippen LogP contribution in [0.3, 0.4) is 0 Å². The van der Waals surface area contributed by atoms with Crippen LogP contribution in [-0.2, 0) is 19.4 Å². The predicted octanol–water partition coefficient (Wildman–Crippen LogP) is 3.42. The van der Waals surface area contributed by atoms with Crippen LogP contribution in [0.4, 0.5) is 0 Å². The van der Waals surface area contributed by atoms with Gasteiger partial charge in [-0.25, -0.2) is 0 Å². The third-order valence-electron chi connectivity index (χ3n) is 6.43. The molecule has 7 heteroatoms. The molecule has 0 unspecified atom stereocenters. The largest absolute Gasteiger partial charge is 0.497 e. The first-order valence-corrected chi connectivity index (χ1v) is 11.0. The second-order valence-electron chi connectivity index (χ2n) is 8.36. The second-order valence-corrected chi connectivity index (χ2v) is 8.36. The number of hydrogen-bond donors (Lipinski definition) is 2. The van der Waals surface area contributed by atoms with Gasteiger partial charge in [0.1, 0.15) is 5.75 Å². The zero-order valence-corrected chi connectivity index (χ0v) is 18.1. The minimum absolute atomic E-state index is 0.0158. The third kappa shape index (κ3) is 3.75. The first-order valence-electron chi connectivity index (χ1n) is 11.0. The molecule has 7 nitrogen and oxygen atoms in total. The smallest absolute Gasteiger partial charge is 0.272 e. The van der Waals surface area contributed by atoms with Crippen molar-refractivity contribution in [3.63, 3.8) is 0 Å². The van der Waals surface area contributed by atoms with Gasteiger partial charge in [-0.1, -0.05) is 30.3 Å². The fraction of sp³-hybridized carbons (Fsp3) is 0.320. The van der Waals surface area contributed by atoms with Crippen LogP contribution in [0.1, 0.15) is 62.1 Å². The van der Waals surface area contributed by atoms with Gasteiger partial charge in [0.15, 0.2) is 5.69 Å². The number of rotatable bonds is 4. The lowest BCUT2D eigenvalue weighted by Crippen LogP contribution is -2.37. The number of fused-ring (bicyclic) bond motifs is 2. The molecule has 2 N–H and O–H groups in total. The van der Waals surface area contributed by atoms with Gasteiger partial charge in [-0.15, -0.1) is 0 Å². The number of nitrogens with one attached hydrogen (secondary N) is 2. The lowest BCUT2D eigenvalue weighted by Gasteiger charge is -2.28. The van der Waals surface area contributed by atoms with E-state index >= 15 is 0 Å². The molecule has 1 aliphatic heterocycles. The van der Waals surface area contributed by atoms with E-state index in [1.165, 1.54) is 11.1 Å². The maximum Gasteiger partial charge on any atom is 0.272 e. The first kappa shape index (κ1) is 20.3. The molecule has 164 valence electrons. The van der Waals surface area contributed by atoms with Crippen LogP contribution >= 0.6 is 0 Å². The Morgan fingerprint density at radius 1 is 1.16 bits per heavy atom. The molecule has 2 aromatic carbocycles. The van der Waals surface area contributed by atoms with Crippen molar-refractivity contribution in [2.45, 2.75) is 38.3 Å². The number of ether oxygens (including phenoxy) is 1. The number of aryl methyl sites for hydroxylation is 1. The number of carbonyl (C=O) groups is 2. The molecule has 0 fully saturated rings. The van der Waals surface area contributed by atoms with Crippen LogP contribution in [0.25, 0.3) is 0 Å². The van der Waals surface area contributed by atoms with Gasteiger partial charge in [0, 0.05) is 29.8 Å². The van der Waals surface area contributed by atoms with Crippen molar-refractivity contribution in [2.75, 3.05) is 13.7 Å². The molecule has 2 amide bonds. The van der Waals surface area contributed by atoms with E-state index in [0.29, 0.717) is 36.5 Å². The molecule has 5 rings (SSSR count). The van der Waals surface area contributed by atoms with E-state index in [0.717, 1.165) is 30.5 Å². The molecule has 1 aliphatic carbocycles. The molecule has 0 saturated heterocycles. The van der Waals surface area contributed by atoms with E-state index in [9.17, 15) is 9.59 Å². The summed E-state index contributed by atoms with van der Waals surface area (Å²) in [7, 11) is 1.58. The summed E-state index contributed by atoms with van der Waals surface area (Å²) in [6, 6.07) is 15.4. The number of H-pyrrole nitrogens is 1. The highest BCUT2D eigenvalue weighted by Gasteiger charge is 2.30. The summed E-state index contributed by atoms with van der Waals surface area (Å²) in [5, 5.41) is 10.5. The van der Waals surface area contributed by atoms with Gasteiger partial charge in [-0.05, 0) is 48.6 Å². The van der Waals surface area contributed by atoms with Crippen LogP contribution in [0.2, 0.25) is 0 Å². The highest BCUT2D eigenvalue weighted by molar-refractivity contribution is 5.96. The van der Waals surface area contributed by atoms with Crippen LogP contribution in [0.15, 0.2) is 48.5 Å². The highest BCUT2D eigenvalue weighted by Crippen LogP contribution is 2.30. The van der Waals surface area contributed by atoms with E-state index < -0.39 is 0 Å². The third-order valence-corrected chi connectivity index (χ3v) is 6.43. The van der Waals surface area contributed by atoms with Gasteiger partial charge in [-0.3, -0.25) is 14.7 Å². The molecule has 0 radical (unpaired) electrons. The van der Waals surface area contributed by atoms with E-state index in [-0.39, 0.29) is 17.9 Å². The number of aromatic nitrogens is 2. The van der Waals surface area contributed by atoms with Crippen LogP contribution in [0, 0.1) is 0 Å². The summed E-state index contributed by atoms with van der Waals surface area (Å²) in [6.45, 7) is 0.925. The van der Waals surface area contributed by atoms with Crippen molar-refractivity contribution in [2.24, 2.45) is 0 Å². The molecule has 0 spiro atoms. The number of nitrogens with zero attached hydrogens (tertiary/aromatic N) is 2. The Morgan fingerprint density at radius 3 is 2.91 bits per heavy atom. The lowest BCUT2D eigenvalue weighted by molar-refractivity contribution is 0.0730. The number of benzene rings is 2. The Hall–Kier alpha value is -3.61. The fourth-order valence-electron chi connectivity index (χ4n) is 4.73. The van der Waals surface area contributed by atoms with Crippen molar-refractivity contribution in [3.8, 4) is 5.75 Å². The zero-order valence-electron chi connectivity index (χ0n) is 18.1. The van der Waals surface area contributed by atoms with E-state index in [2.05, 4.69) is 27.6 Å². The van der Waals surface area contributed by atoms with Crippen molar-refractivity contribution >= 4 is 11.8 Å². The summed E-state index contributed by atoms with van der Waals surface area (Å²) in [5.41, 5.74) is 5.16. The predicted molar refractivity (Wildman–Crippen MR) is 120 cm³/mol. The molecule has 32 heavy (non-hydrogen) atoms. The van der Waals surface area contributed by atoms with Crippen molar-refractivity contribution in [1.29, 1.82) is 0 Å². The average Bonchev–Trinajstić information content (AvgIpc) is 3.27. The summed E-state index contributed by atoms with van der Waals surface area (Å²) in [5.74, 6) is 0.368. The van der Waals surface area contributed by atoms with Crippen molar-refractivity contribution < 1.29 is 14.3 Å². The maximum absolute atomic E-state index is 13.2.